The zero-order chi connectivity index (χ0) is 15.3. The molecular weight excluding hydrogens is 307 g/mol. The number of rotatable bonds is 2. The Morgan fingerprint density at radius 1 is 1.24 bits per heavy atom. The second-order valence-electron chi connectivity index (χ2n) is 6.40. The van der Waals surface area contributed by atoms with Crippen molar-refractivity contribution in [3.05, 3.63) is 35.9 Å². The van der Waals surface area contributed by atoms with E-state index < -0.39 is 9.75 Å². The molecule has 0 aromatic heterocycles. The molecule has 2 fully saturated rings. The van der Waals surface area contributed by atoms with Crippen LogP contribution in [0.4, 0.5) is 0 Å². The smallest absolute Gasteiger partial charge is 0.232 e. The molecule has 0 N–H and O–H groups in total. The van der Waals surface area contributed by atoms with Gasteiger partial charge in [-0.05, 0) is 26.0 Å². The molecule has 0 radical (unpaired) electrons. The number of hydrogen-bond acceptors (Lipinski definition) is 2. The number of amides is 1. The van der Waals surface area contributed by atoms with Crippen molar-refractivity contribution in [3.63, 3.8) is 0 Å². The summed E-state index contributed by atoms with van der Waals surface area (Å²) in [5.74, 6) is 0.0782. The van der Waals surface area contributed by atoms with E-state index in [2.05, 4.69) is 24.1 Å². The lowest BCUT2D eigenvalue weighted by atomic mass is 9.99. The minimum absolute atomic E-state index is 0.0685. The third kappa shape index (κ3) is 2.56. The Hall–Kier alpha value is -0.770. The maximum Gasteiger partial charge on any atom is 0.232 e. The molecule has 1 aliphatic heterocycles. The van der Waals surface area contributed by atoms with Gasteiger partial charge in [-0.1, -0.05) is 30.3 Å². The molecule has 1 aromatic carbocycles. The summed E-state index contributed by atoms with van der Waals surface area (Å²) in [6, 6.07) is 10.2. The van der Waals surface area contributed by atoms with Gasteiger partial charge >= 0.3 is 0 Å². The maximum absolute atomic E-state index is 12.9. The molecule has 5 heteroatoms. The van der Waals surface area contributed by atoms with Gasteiger partial charge in [0, 0.05) is 19.6 Å². The van der Waals surface area contributed by atoms with Crippen LogP contribution in [0.3, 0.4) is 0 Å². The first-order valence-corrected chi connectivity index (χ1v) is 8.03. The number of carbonyl (C=O) groups is 1. The Balaban J connectivity index is 1.87. The van der Waals surface area contributed by atoms with Crippen LogP contribution >= 0.6 is 23.2 Å². The number of hydrogen-bond donors (Lipinski definition) is 0. The molecule has 1 heterocycles. The summed E-state index contributed by atoms with van der Waals surface area (Å²) >= 11 is 12.4. The molecule has 1 amide bonds. The van der Waals surface area contributed by atoms with Crippen LogP contribution < -0.4 is 0 Å². The average Bonchev–Trinajstić information content (AvgIpc) is 2.99. The largest absolute Gasteiger partial charge is 0.333 e. The molecule has 1 aliphatic carbocycles. The minimum atomic E-state index is -0.908. The Kier molecular flexibility index (Phi) is 3.71. The van der Waals surface area contributed by atoms with E-state index in [0.717, 1.165) is 18.7 Å². The highest BCUT2D eigenvalue weighted by molar-refractivity contribution is 6.53. The zero-order valence-corrected chi connectivity index (χ0v) is 13.9. The fourth-order valence-corrected chi connectivity index (χ4v) is 3.77. The quantitative estimate of drug-likeness (QED) is 0.780. The van der Waals surface area contributed by atoms with Crippen molar-refractivity contribution in [3.8, 4) is 0 Å². The first-order chi connectivity index (χ1) is 9.85. The number of likely N-dealkylation sites (N-methyl/N-ethyl adjacent to an activating group) is 1. The summed E-state index contributed by atoms with van der Waals surface area (Å²) in [6.45, 7) is 4.30. The molecule has 1 saturated heterocycles. The van der Waals surface area contributed by atoms with Crippen LogP contribution in [0.5, 0.6) is 0 Å². The van der Waals surface area contributed by atoms with Crippen LogP contribution in [-0.2, 0) is 4.79 Å². The Labute approximate surface area is 135 Å². The van der Waals surface area contributed by atoms with Crippen molar-refractivity contribution < 1.29 is 4.79 Å². The fraction of sp³-hybridized carbons (Fsp3) is 0.562. The topological polar surface area (TPSA) is 23.6 Å². The standard InChI is InChI=1S/C16H20Cl2N2O/c1-15(11-16(15,17)18)14(21)20-9-8-19(2)10-13(20)12-6-4-3-5-7-12/h3-7,13H,8-11H2,1-2H3. The predicted molar refractivity (Wildman–Crippen MR) is 85.6 cm³/mol. The molecule has 3 rings (SSSR count). The Bertz CT molecular complexity index is 548. The number of nitrogens with zero attached hydrogens (tertiary/aromatic N) is 2. The molecule has 0 spiro atoms. The van der Waals surface area contributed by atoms with Crippen LogP contribution in [0.1, 0.15) is 24.9 Å². The van der Waals surface area contributed by atoms with Gasteiger partial charge in [0.1, 0.15) is 4.33 Å². The van der Waals surface area contributed by atoms with E-state index in [1.807, 2.05) is 30.0 Å². The number of carbonyl (C=O) groups excluding carboxylic acids is 1. The monoisotopic (exact) mass is 326 g/mol. The summed E-state index contributed by atoms with van der Waals surface area (Å²) in [5, 5.41) is 0. The average molecular weight is 327 g/mol. The fourth-order valence-electron chi connectivity index (χ4n) is 3.07. The molecule has 21 heavy (non-hydrogen) atoms. The first kappa shape index (κ1) is 15.1. The second-order valence-corrected chi connectivity index (χ2v) is 7.88. The molecular formula is C16H20Cl2N2O. The van der Waals surface area contributed by atoms with E-state index in [0.29, 0.717) is 13.0 Å². The predicted octanol–water partition coefficient (Wildman–Crippen LogP) is 3.09. The summed E-state index contributed by atoms with van der Waals surface area (Å²) in [4.78, 5) is 17.1. The molecule has 2 atom stereocenters. The van der Waals surface area contributed by atoms with Crippen molar-refractivity contribution in [1.82, 2.24) is 9.80 Å². The summed E-state index contributed by atoms with van der Waals surface area (Å²) in [6.07, 6.45) is 0.537. The van der Waals surface area contributed by atoms with Crippen LogP contribution in [0.2, 0.25) is 0 Å². The van der Waals surface area contributed by atoms with Gasteiger partial charge in [-0.15, -0.1) is 23.2 Å². The second kappa shape index (κ2) is 5.15. The summed E-state index contributed by atoms with van der Waals surface area (Å²) < 4.78 is -0.908. The normalized spacial score (nSPS) is 32.0. The molecule has 114 valence electrons. The van der Waals surface area contributed by atoms with E-state index in [4.69, 9.17) is 23.2 Å². The minimum Gasteiger partial charge on any atom is -0.333 e. The van der Waals surface area contributed by atoms with E-state index in [1.54, 1.807) is 0 Å². The molecule has 3 nitrogen and oxygen atoms in total. The van der Waals surface area contributed by atoms with Crippen molar-refractivity contribution in [2.45, 2.75) is 23.7 Å². The molecule has 2 aliphatic rings. The number of piperazine rings is 1. The first-order valence-electron chi connectivity index (χ1n) is 7.27. The lowest BCUT2D eigenvalue weighted by Crippen LogP contribution is -2.51. The molecule has 1 saturated carbocycles. The van der Waals surface area contributed by atoms with E-state index in [1.165, 1.54) is 0 Å². The van der Waals surface area contributed by atoms with Crippen molar-refractivity contribution >= 4 is 29.1 Å². The SMILES string of the molecule is CN1CCN(C(=O)C2(C)CC2(Cl)Cl)C(c2ccccc2)C1. The van der Waals surface area contributed by atoms with E-state index in [9.17, 15) is 4.79 Å². The van der Waals surface area contributed by atoms with Crippen LogP contribution in [-0.4, -0.2) is 46.7 Å². The highest BCUT2D eigenvalue weighted by Gasteiger charge is 2.69. The number of benzene rings is 1. The van der Waals surface area contributed by atoms with Gasteiger partial charge in [-0.3, -0.25) is 4.79 Å². The van der Waals surface area contributed by atoms with Gasteiger partial charge in [-0.25, -0.2) is 0 Å². The summed E-state index contributed by atoms with van der Waals surface area (Å²) in [5.41, 5.74) is 0.524. The Morgan fingerprint density at radius 2 is 1.86 bits per heavy atom. The Morgan fingerprint density at radius 3 is 2.43 bits per heavy atom. The van der Waals surface area contributed by atoms with Gasteiger partial charge in [0.25, 0.3) is 0 Å². The van der Waals surface area contributed by atoms with Gasteiger partial charge < -0.3 is 9.80 Å². The molecule has 2 unspecified atom stereocenters. The van der Waals surface area contributed by atoms with Crippen molar-refractivity contribution in [2.24, 2.45) is 5.41 Å². The lowest BCUT2D eigenvalue weighted by molar-refractivity contribution is -0.141. The maximum atomic E-state index is 12.9. The van der Waals surface area contributed by atoms with E-state index in [-0.39, 0.29) is 11.9 Å². The number of alkyl halides is 2. The van der Waals surface area contributed by atoms with Gasteiger partial charge in [-0.2, -0.15) is 0 Å². The van der Waals surface area contributed by atoms with Crippen LogP contribution in [0.25, 0.3) is 0 Å². The molecule has 0 bridgehead atoms. The van der Waals surface area contributed by atoms with Crippen molar-refractivity contribution in [2.75, 3.05) is 26.7 Å². The third-order valence-corrected chi connectivity index (χ3v) is 5.86. The lowest BCUT2D eigenvalue weighted by Gasteiger charge is -2.41. The number of halogens is 2. The highest BCUT2D eigenvalue weighted by atomic mass is 35.5. The van der Waals surface area contributed by atoms with Gasteiger partial charge in [0.2, 0.25) is 5.91 Å². The van der Waals surface area contributed by atoms with Crippen LogP contribution in [0, 0.1) is 5.41 Å². The van der Waals surface area contributed by atoms with Gasteiger partial charge in [0.05, 0.1) is 11.5 Å². The van der Waals surface area contributed by atoms with Crippen LogP contribution in [0.15, 0.2) is 30.3 Å². The third-order valence-electron chi connectivity index (χ3n) is 4.76. The van der Waals surface area contributed by atoms with E-state index >= 15 is 0 Å². The van der Waals surface area contributed by atoms with Crippen molar-refractivity contribution in [1.29, 1.82) is 0 Å². The highest BCUT2D eigenvalue weighted by Crippen LogP contribution is 2.64. The van der Waals surface area contributed by atoms with Gasteiger partial charge in [0.15, 0.2) is 0 Å². The summed E-state index contributed by atoms with van der Waals surface area (Å²) in [7, 11) is 2.09. The molecule has 1 aromatic rings. The zero-order valence-electron chi connectivity index (χ0n) is 12.4.